The van der Waals surface area contributed by atoms with E-state index < -0.39 is 0 Å². The minimum absolute atomic E-state index is 0.0193. The Bertz CT molecular complexity index is 516. The van der Waals surface area contributed by atoms with Crippen LogP contribution in [0.2, 0.25) is 10.0 Å². The molecular weight excluding hydrogens is 309 g/mol. The molecule has 2 amide bonds. The minimum Gasteiger partial charge on any atom is -0.396 e. The smallest absolute Gasteiger partial charge is 0.244 e. The van der Waals surface area contributed by atoms with Crippen LogP contribution in [0.1, 0.15) is 0 Å². The molecule has 0 atom stereocenters. The Hall–Kier alpha value is -1.11. The monoisotopic (exact) mass is 319 g/mol. The first-order valence-electron chi connectivity index (χ1n) is 5.37. The van der Waals surface area contributed by atoms with Crippen LogP contribution in [0.5, 0.6) is 0 Å². The minimum atomic E-state index is -0.298. The zero-order valence-corrected chi connectivity index (χ0v) is 12.1. The third-order valence-corrected chi connectivity index (χ3v) is 4.09. The molecule has 19 heavy (non-hydrogen) atoms. The molecule has 1 aliphatic rings. The molecule has 8 heteroatoms. The second kappa shape index (κ2) is 5.90. The molecule has 1 aromatic rings. The molecule has 3 N–H and O–H groups in total. The molecule has 0 unspecified atom stereocenters. The van der Waals surface area contributed by atoms with Gasteiger partial charge in [-0.2, -0.15) is 0 Å². The third-order valence-electron chi connectivity index (χ3n) is 2.52. The van der Waals surface area contributed by atoms with E-state index in [9.17, 15) is 9.59 Å². The number of hydrogen-bond acceptors (Lipinski definition) is 4. The van der Waals surface area contributed by atoms with Gasteiger partial charge < -0.3 is 16.0 Å². The molecule has 0 spiro atoms. The third kappa shape index (κ3) is 3.46. The number of carbonyl (C=O) groups excluding carboxylic acids is 2. The van der Waals surface area contributed by atoms with Gasteiger partial charge in [0.1, 0.15) is 6.54 Å². The first-order valence-corrected chi connectivity index (χ1v) is 7.28. The fourth-order valence-corrected chi connectivity index (χ4v) is 2.96. The van der Waals surface area contributed by atoms with Crippen molar-refractivity contribution in [2.45, 2.75) is 0 Å². The Morgan fingerprint density at radius 2 is 2.05 bits per heavy atom. The van der Waals surface area contributed by atoms with Gasteiger partial charge >= 0.3 is 0 Å². The van der Waals surface area contributed by atoms with Crippen LogP contribution in [0.4, 0.5) is 11.4 Å². The summed E-state index contributed by atoms with van der Waals surface area (Å²) < 4.78 is 0. The number of rotatable bonds is 3. The van der Waals surface area contributed by atoms with Crippen LogP contribution < -0.4 is 11.1 Å². The second-order valence-corrected chi connectivity index (χ2v) is 5.74. The second-order valence-electron chi connectivity index (χ2n) is 3.97. The average molecular weight is 320 g/mol. The molecule has 1 aromatic carbocycles. The highest BCUT2D eigenvalue weighted by molar-refractivity contribution is 8.00. The summed E-state index contributed by atoms with van der Waals surface area (Å²) in [5, 5.41) is 3.18. The number of nitrogens with zero attached hydrogens (tertiary/aromatic N) is 1. The van der Waals surface area contributed by atoms with Gasteiger partial charge in [-0.05, 0) is 12.1 Å². The van der Waals surface area contributed by atoms with Gasteiger partial charge in [-0.15, -0.1) is 11.8 Å². The first-order chi connectivity index (χ1) is 8.97. The van der Waals surface area contributed by atoms with E-state index in [2.05, 4.69) is 5.32 Å². The number of amides is 2. The van der Waals surface area contributed by atoms with E-state index in [1.165, 1.54) is 28.8 Å². The Labute approximate surface area is 124 Å². The number of hydrogen-bond donors (Lipinski definition) is 2. The number of thioether (sulfide) groups is 1. The van der Waals surface area contributed by atoms with E-state index in [1.807, 2.05) is 0 Å². The van der Waals surface area contributed by atoms with Gasteiger partial charge in [0.15, 0.2) is 0 Å². The maximum absolute atomic E-state index is 11.8. The first kappa shape index (κ1) is 14.3. The summed E-state index contributed by atoms with van der Waals surface area (Å²) in [4.78, 5) is 24.7. The van der Waals surface area contributed by atoms with E-state index in [4.69, 9.17) is 28.9 Å². The van der Waals surface area contributed by atoms with E-state index in [-0.39, 0.29) is 34.1 Å². The summed E-state index contributed by atoms with van der Waals surface area (Å²) in [5.41, 5.74) is 6.32. The Morgan fingerprint density at radius 3 is 2.58 bits per heavy atom. The lowest BCUT2D eigenvalue weighted by Gasteiger charge is -2.14. The number of benzene rings is 1. The van der Waals surface area contributed by atoms with E-state index in [1.54, 1.807) is 0 Å². The molecule has 5 nitrogen and oxygen atoms in total. The number of carbonyl (C=O) groups is 2. The molecule has 1 fully saturated rings. The van der Waals surface area contributed by atoms with Gasteiger partial charge in [0.25, 0.3) is 0 Å². The molecular formula is C11H11Cl2N3O2S. The van der Waals surface area contributed by atoms with Crippen LogP contribution in [0.25, 0.3) is 0 Å². The molecule has 0 bridgehead atoms. The topological polar surface area (TPSA) is 75.4 Å². The summed E-state index contributed by atoms with van der Waals surface area (Å²) in [6.07, 6.45) is 0. The van der Waals surface area contributed by atoms with Crippen molar-refractivity contribution in [3.05, 3.63) is 22.2 Å². The highest BCUT2D eigenvalue weighted by Gasteiger charge is 2.22. The Morgan fingerprint density at radius 1 is 1.42 bits per heavy atom. The zero-order chi connectivity index (χ0) is 14.0. The van der Waals surface area contributed by atoms with Gasteiger partial charge in [0.05, 0.1) is 27.4 Å². The molecule has 0 aromatic heterocycles. The summed E-state index contributed by atoms with van der Waals surface area (Å²) in [6, 6.07) is 3.03. The summed E-state index contributed by atoms with van der Waals surface area (Å²) in [7, 11) is 0. The molecule has 0 radical (unpaired) electrons. The van der Waals surface area contributed by atoms with Gasteiger partial charge in [0, 0.05) is 5.69 Å². The van der Waals surface area contributed by atoms with Crippen LogP contribution in [-0.2, 0) is 9.59 Å². The Kier molecular flexibility index (Phi) is 4.44. The highest BCUT2D eigenvalue weighted by atomic mass is 35.5. The van der Waals surface area contributed by atoms with Crippen molar-refractivity contribution < 1.29 is 9.59 Å². The highest BCUT2D eigenvalue weighted by Crippen LogP contribution is 2.31. The van der Waals surface area contributed by atoms with E-state index in [0.29, 0.717) is 17.3 Å². The largest absolute Gasteiger partial charge is 0.396 e. The fourth-order valence-electron chi connectivity index (χ4n) is 1.57. The van der Waals surface area contributed by atoms with Crippen molar-refractivity contribution in [2.24, 2.45) is 0 Å². The van der Waals surface area contributed by atoms with Crippen LogP contribution in [0.15, 0.2) is 12.1 Å². The van der Waals surface area contributed by atoms with E-state index in [0.717, 1.165) is 0 Å². The summed E-state index contributed by atoms with van der Waals surface area (Å²) >= 11 is 13.2. The summed E-state index contributed by atoms with van der Waals surface area (Å²) in [6.45, 7) is 0.0193. The molecule has 0 saturated carbocycles. The maximum atomic E-state index is 11.8. The molecule has 1 saturated heterocycles. The predicted octanol–water partition coefficient (Wildman–Crippen LogP) is 2.05. The van der Waals surface area contributed by atoms with Gasteiger partial charge in [-0.1, -0.05) is 23.2 Å². The van der Waals surface area contributed by atoms with Gasteiger partial charge in [-0.25, -0.2) is 0 Å². The Balaban J connectivity index is 2.01. The lowest BCUT2D eigenvalue weighted by molar-refractivity contribution is -0.130. The van der Waals surface area contributed by atoms with Crippen LogP contribution in [0.3, 0.4) is 0 Å². The molecule has 102 valence electrons. The predicted molar refractivity (Wildman–Crippen MR) is 78.5 cm³/mol. The van der Waals surface area contributed by atoms with Crippen LogP contribution >= 0.6 is 35.0 Å². The van der Waals surface area contributed by atoms with Gasteiger partial charge in [0.2, 0.25) is 11.8 Å². The zero-order valence-electron chi connectivity index (χ0n) is 9.78. The van der Waals surface area contributed by atoms with Crippen molar-refractivity contribution in [3.63, 3.8) is 0 Å². The lowest BCUT2D eigenvalue weighted by atomic mass is 10.2. The maximum Gasteiger partial charge on any atom is 0.244 e. The normalized spacial score (nSPS) is 14.8. The lowest BCUT2D eigenvalue weighted by Crippen LogP contribution is -2.34. The van der Waals surface area contributed by atoms with Crippen molar-refractivity contribution in [1.82, 2.24) is 4.90 Å². The standard InChI is InChI=1S/C11H11Cl2N3O2S/c12-7-1-6(2-8(13)11(7)14)15-9(17)3-16-5-19-4-10(16)18/h1-2H,3-5,14H2,(H,15,17). The average Bonchev–Trinajstić information content (AvgIpc) is 2.72. The quantitative estimate of drug-likeness (QED) is 0.836. The number of nitrogens with one attached hydrogen (secondary N) is 1. The fraction of sp³-hybridized carbons (Fsp3) is 0.273. The SMILES string of the molecule is Nc1c(Cl)cc(NC(=O)CN2CSCC2=O)cc1Cl. The summed E-state index contributed by atoms with van der Waals surface area (Å²) in [5.74, 6) is 0.628. The molecule has 0 aliphatic carbocycles. The number of nitrogen functional groups attached to an aromatic ring is 1. The molecule has 2 rings (SSSR count). The van der Waals surface area contributed by atoms with Crippen molar-refractivity contribution in [1.29, 1.82) is 0 Å². The number of anilines is 2. The number of nitrogens with two attached hydrogens (primary N) is 1. The molecule has 1 aliphatic heterocycles. The van der Waals surface area contributed by atoms with Gasteiger partial charge in [-0.3, -0.25) is 9.59 Å². The molecule has 1 heterocycles. The van der Waals surface area contributed by atoms with Crippen LogP contribution in [-0.4, -0.2) is 34.9 Å². The van der Waals surface area contributed by atoms with Crippen molar-refractivity contribution in [2.75, 3.05) is 29.2 Å². The number of halogens is 2. The van der Waals surface area contributed by atoms with Crippen LogP contribution in [0, 0.1) is 0 Å². The van der Waals surface area contributed by atoms with E-state index >= 15 is 0 Å². The van der Waals surface area contributed by atoms with Crippen molar-refractivity contribution >= 4 is 58.2 Å². The van der Waals surface area contributed by atoms with Crippen molar-refractivity contribution in [3.8, 4) is 0 Å².